The molecule has 0 bridgehead atoms. The van der Waals surface area contributed by atoms with E-state index in [0.29, 0.717) is 0 Å². The second-order valence-corrected chi connectivity index (χ2v) is 31.1. The van der Waals surface area contributed by atoms with Gasteiger partial charge in [-0.15, -0.1) is 34.0 Å². The topological polar surface area (TPSA) is 61.4 Å². The first-order valence-corrected chi connectivity index (χ1v) is 40.1. The molecule has 0 saturated heterocycles. The molecule has 27 rings (SSSR count). The van der Waals surface area contributed by atoms with E-state index in [-0.39, 0.29) is 184 Å². The number of fused-ring (bicyclic) bond motifs is 29. The van der Waals surface area contributed by atoms with Crippen LogP contribution in [0, 0.1) is 20.8 Å². The van der Waals surface area contributed by atoms with Crippen LogP contribution in [0.3, 0.4) is 0 Å². The SMILES string of the molecule is [2H]c1c([2H])c(-c2c([2H])c([2H])c3c([2H])c(-c4c([2H])c([2H])c5c([2H])c(C)c([2H])c([2H])c5c4[2H])c([2H])c([2H])c3c2[2H])c([2H])c(-c2c([2H])c3c([2H])c([2H])c([2H])c([2H])c3c3c([2H])c([2H])c([2H])c([2H])c23)c1[2H].[2H]c1c([2H])c([2H])c(-c2nc(-n3c4c([2H])c([2H])c([2H])c([2H])c4c4c5c([2H])c([2H])c([2H])c([2H])c5c5c(sc6c([2H])c([2H])c(C)c([2H])c65)c43)nc3c2sc2c([2H])c([2H])c([2H])c([2H])c23)c([2H])c1[2H].[2H]c1c([2H])c([2H])c(-c2nc3c([2H])c([2H])c([2H])c([2H])c3nc2-n2c3c([2H])c([2H])c([2H])c([2H])c3c3c4c([2H])c([2H])c([2H])c([2H])c4c4c(sc5c([2H])c([2H])c(C)c([2H])c54)c32)c([2H])c1[2H]. The zero-order chi connectivity index (χ0) is 140. The van der Waals surface area contributed by atoms with Crippen LogP contribution in [0.1, 0.15) is 106 Å². The molecular weight excluding hydrogens is 1590 g/mol. The van der Waals surface area contributed by atoms with E-state index in [2.05, 4.69) is 9.97 Å². The Bertz CT molecular complexity index is 13400. The van der Waals surface area contributed by atoms with Crippen molar-refractivity contribution in [2.45, 2.75) is 20.8 Å². The zero-order valence-corrected chi connectivity index (χ0v) is 66.4. The van der Waals surface area contributed by atoms with Crippen LogP contribution in [0.2, 0.25) is 0 Å². The molecule has 27 aromatic rings. The van der Waals surface area contributed by atoms with Crippen LogP contribution in [-0.4, -0.2) is 29.1 Å². The molecule has 0 atom stereocenters. The minimum absolute atomic E-state index is 0.00201. The molecule has 0 aliphatic carbocycles. The Kier molecular flexibility index (Phi) is 7.80. The van der Waals surface area contributed by atoms with E-state index in [9.17, 15) is 20.6 Å². The lowest BCUT2D eigenvalue weighted by Crippen LogP contribution is -2.03. The predicted octanol–water partition coefficient (Wildman–Crippen LogP) is 33.3. The first kappa shape index (κ1) is 33.4. The summed E-state index contributed by atoms with van der Waals surface area (Å²) in [5.74, 6) is -1.06. The third kappa shape index (κ3) is 11.9. The Balaban J connectivity index is 0.000000140. The van der Waals surface area contributed by atoms with Crippen LogP contribution in [0.15, 0.2) is 393 Å². The first-order valence-electron chi connectivity index (χ1n) is 70.1. The van der Waals surface area contributed by atoms with Gasteiger partial charge < -0.3 is 0 Å². The summed E-state index contributed by atoms with van der Waals surface area (Å²) in [6.45, 7) is 4.27. The number of hydrogen-bond acceptors (Lipinski definition) is 7. The van der Waals surface area contributed by atoms with Gasteiger partial charge >= 0.3 is 0 Å². The summed E-state index contributed by atoms with van der Waals surface area (Å²) in [5.41, 5.74) is -8.39. The first-order chi connectivity index (χ1) is 89.3. The standard InChI is InChI=1S/C41H28.C39H23N3S2.C37H23N3S/c1-27-13-14-30-22-32(16-15-29(30)21-27)35-20-19-33-23-31(17-18-34(33)24-35)28-8-6-9-36(25-28)41-26-37-7-2-3-10-38(37)39-11-4-5-12-40(39)41;1-22-19-20-31-28(21-22)33-25-14-6-5-13-24(25)32-26-15-7-9-17-29(26)42(36(32)37(33)43-31)39-40-34(23-11-3-2-4-12-23)38-35(41-39)27-16-8-10-18-30(27)44-38;1-22-19-20-31-27(21-22)33-25-14-6-5-13-24(25)32-26-15-7-10-18-30(26)40(35(32)36(33)41-31)37-34(23-11-3-2-4-12-23)38-28-16-8-9-17-29(28)39-37/h2-26H,1H3;2-21H,1H3;2-21H,1H3/i2D,3D,4D,5D,6D,7D,8D,9D,10D,11D,12D,13D,14D,15D,16D,17D,18D,19D,20D,21D,22D,23D,24D,25D,26D;2*2D,3D,4D,5D,6D,7D,8D,9D,10D,11D,12D,13D,14D,15D,16D,17D,18D,19D,20D,21D. The summed E-state index contributed by atoms with van der Waals surface area (Å²) in [4.78, 5) is 18.9. The normalized spacial score (nSPS) is 19.2. The van der Waals surface area contributed by atoms with Crippen molar-refractivity contribution >= 4 is 214 Å². The Morgan fingerprint density at radius 2 is 0.651 bits per heavy atom. The molecule has 0 N–H and O–H groups in total. The van der Waals surface area contributed by atoms with Gasteiger partial charge in [0, 0.05) is 73.7 Å². The highest BCUT2D eigenvalue weighted by molar-refractivity contribution is 7.27. The summed E-state index contributed by atoms with van der Waals surface area (Å²) in [6.07, 6.45) is 0. The summed E-state index contributed by atoms with van der Waals surface area (Å²) in [7, 11) is 0. The average Bonchev–Trinajstić information content (AvgIpc) is 1.51. The molecule has 0 saturated carbocycles. The van der Waals surface area contributed by atoms with Gasteiger partial charge in [-0.1, -0.05) is 325 Å². The fraction of sp³-hybridized carbons (Fsp3) is 0.0256. The van der Waals surface area contributed by atoms with Crippen LogP contribution in [0.25, 0.3) is 248 Å². The molecule has 0 aliphatic rings. The highest BCUT2D eigenvalue weighted by atomic mass is 32.1. The number of nitrogens with zero attached hydrogens (tertiary/aromatic N) is 6. The summed E-state index contributed by atoms with van der Waals surface area (Å²) in [5, 5.41) is -5.94. The van der Waals surface area contributed by atoms with Gasteiger partial charge in [0.25, 0.3) is 0 Å². The Hall–Kier alpha value is -15.4. The van der Waals surface area contributed by atoms with Gasteiger partial charge in [0.1, 0.15) is 5.69 Å². The summed E-state index contributed by atoms with van der Waals surface area (Å²) in [6, 6.07) is -46.1. The maximum absolute atomic E-state index is 9.52. The summed E-state index contributed by atoms with van der Waals surface area (Å²) >= 11 is 2.46. The molecule has 126 heavy (non-hydrogen) atoms. The van der Waals surface area contributed by atoms with Crippen LogP contribution in [0.5, 0.6) is 0 Å². The van der Waals surface area contributed by atoms with Crippen molar-refractivity contribution in [3.05, 3.63) is 409 Å². The second-order valence-electron chi connectivity index (χ2n) is 28.0. The molecule has 0 spiro atoms. The highest BCUT2D eigenvalue weighted by Crippen LogP contribution is 2.52. The van der Waals surface area contributed by atoms with E-state index < -0.39 is 473 Å². The largest absolute Gasteiger partial charge is 0.290 e. The maximum atomic E-state index is 9.52. The van der Waals surface area contributed by atoms with Gasteiger partial charge in [0.2, 0.25) is 5.95 Å². The van der Waals surface area contributed by atoms with Crippen molar-refractivity contribution in [2.24, 2.45) is 0 Å². The predicted molar refractivity (Wildman–Crippen MR) is 542 cm³/mol. The Morgan fingerprint density at radius 1 is 0.238 bits per heavy atom. The maximum Gasteiger partial charge on any atom is 0.235 e. The molecule has 0 aliphatic heterocycles. The molecule has 0 amide bonds. The molecule has 0 radical (unpaired) electrons. The van der Waals surface area contributed by atoms with Crippen molar-refractivity contribution in [3.63, 3.8) is 0 Å². The minimum atomic E-state index is -1.02. The lowest BCUT2D eigenvalue weighted by Gasteiger charge is -2.14. The average molecular weight is 1730 g/mol. The van der Waals surface area contributed by atoms with Gasteiger partial charge in [0.05, 0.1) is 148 Å². The van der Waals surface area contributed by atoms with E-state index in [0.717, 1.165) is 38.6 Å². The lowest BCUT2D eigenvalue weighted by atomic mass is 9.91. The van der Waals surface area contributed by atoms with Crippen molar-refractivity contribution < 1.29 is 89.1 Å². The minimum Gasteiger partial charge on any atom is -0.290 e. The molecule has 9 heteroatoms. The fourth-order valence-electron chi connectivity index (χ4n) is 15.5. The van der Waals surface area contributed by atoms with E-state index >= 15 is 0 Å². The van der Waals surface area contributed by atoms with Crippen molar-refractivity contribution in [1.29, 1.82) is 0 Å². The third-order valence-corrected chi connectivity index (χ3v) is 24.0. The molecule has 20 aromatic carbocycles. The monoisotopic (exact) mass is 1720 g/mol. The number of hydrogen-bond donors (Lipinski definition) is 0. The van der Waals surface area contributed by atoms with E-state index in [1.165, 1.54) is 25.3 Å². The zero-order valence-electron chi connectivity index (χ0n) is 129. The molecular formula is C117H74N6S3. The van der Waals surface area contributed by atoms with Crippen LogP contribution < -0.4 is 0 Å². The quantitative estimate of drug-likeness (QED) is 0.149. The van der Waals surface area contributed by atoms with E-state index in [4.69, 9.17) is 78.5 Å². The smallest absolute Gasteiger partial charge is 0.235 e. The van der Waals surface area contributed by atoms with Gasteiger partial charge in [0.15, 0.2) is 5.82 Å². The van der Waals surface area contributed by atoms with Crippen LogP contribution in [-0.2, 0) is 0 Å². The number of para-hydroxylation sites is 4. The van der Waals surface area contributed by atoms with Gasteiger partial charge in [-0.05, 0) is 203 Å². The lowest BCUT2D eigenvalue weighted by molar-refractivity contribution is 1.02. The molecule has 0 fully saturated rings. The molecule has 7 aromatic heterocycles. The van der Waals surface area contributed by atoms with Crippen molar-refractivity contribution in [2.75, 3.05) is 0 Å². The number of thiophene rings is 3. The van der Waals surface area contributed by atoms with Gasteiger partial charge in [-0.25, -0.2) is 19.9 Å². The van der Waals surface area contributed by atoms with E-state index in [1.54, 1.807) is 0 Å². The van der Waals surface area contributed by atoms with Gasteiger partial charge in [-0.2, -0.15) is 0 Å². The summed E-state index contributed by atoms with van der Waals surface area (Å²) < 4.78 is 578. The van der Waals surface area contributed by atoms with Crippen molar-refractivity contribution in [1.82, 2.24) is 29.1 Å². The van der Waals surface area contributed by atoms with E-state index in [1.807, 2.05) is 0 Å². The third-order valence-electron chi connectivity index (χ3n) is 20.7. The van der Waals surface area contributed by atoms with Gasteiger partial charge in [-0.3, -0.25) is 9.13 Å². The molecule has 590 valence electrons. The molecule has 6 nitrogen and oxygen atoms in total. The highest BCUT2D eigenvalue weighted by Gasteiger charge is 2.28. The van der Waals surface area contributed by atoms with Crippen molar-refractivity contribution in [3.8, 4) is 67.7 Å². The van der Waals surface area contributed by atoms with Crippen LogP contribution in [0.4, 0.5) is 0 Å². The Morgan fingerprint density at radius 3 is 1.25 bits per heavy atom. The number of benzene rings is 20. The molecule has 0 unspecified atom stereocenters. The number of aromatic nitrogens is 6. The molecule has 7 heterocycles. The fourth-order valence-corrected chi connectivity index (χ4v) is 18.8. The number of rotatable bonds is 7. The second kappa shape index (κ2) is 29.4. The Labute approximate surface area is 828 Å². The van der Waals surface area contributed by atoms with Crippen LogP contribution >= 0.6 is 34.0 Å².